The van der Waals surface area contributed by atoms with Crippen molar-refractivity contribution in [3.63, 3.8) is 0 Å². The second kappa shape index (κ2) is 7.03. The minimum absolute atomic E-state index is 0.0439. The van der Waals surface area contributed by atoms with Gasteiger partial charge in [-0.15, -0.1) is 0 Å². The van der Waals surface area contributed by atoms with E-state index in [1.807, 2.05) is 24.3 Å². The molecule has 4 nitrogen and oxygen atoms in total. The van der Waals surface area contributed by atoms with Crippen LogP contribution in [-0.4, -0.2) is 43.0 Å². The van der Waals surface area contributed by atoms with Gasteiger partial charge < -0.3 is 5.11 Å². The monoisotopic (exact) mass is 285 g/mol. The fourth-order valence-electron chi connectivity index (χ4n) is 1.79. The molecular formula is C14H23NO3S. The Morgan fingerprint density at radius 2 is 1.68 bits per heavy atom. The van der Waals surface area contributed by atoms with E-state index in [-0.39, 0.29) is 12.4 Å². The molecule has 0 heterocycles. The predicted octanol–water partition coefficient (Wildman–Crippen LogP) is 1.43. The maximum atomic E-state index is 11.2. The molecule has 0 aliphatic heterocycles. The van der Waals surface area contributed by atoms with Crippen LogP contribution in [0.25, 0.3) is 0 Å². The number of benzene rings is 1. The van der Waals surface area contributed by atoms with E-state index in [9.17, 15) is 8.42 Å². The molecule has 0 fully saturated rings. The Morgan fingerprint density at radius 1 is 1.16 bits per heavy atom. The van der Waals surface area contributed by atoms with Crippen molar-refractivity contribution in [3.8, 4) is 0 Å². The van der Waals surface area contributed by atoms with Crippen molar-refractivity contribution in [2.24, 2.45) is 0 Å². The molecule has 108 valence electrons. The van der Waals surface area contributed by atoms with Gasteiger partial charge in [0, 0.05) is 25.4 Å². The zero-order valence-corrected chi connectivity index (χ0v) is 12.7. The Morgan fingerprint density at radius 3 is 2.11 bits per heavy atom. The molecule has 0 spiro atoms. The SMILES string of the molecule is CC(C)N(CCS(C)(=O)=O)Cc1ccc(CO)cc1. The van der Waals surface area contributed by atoms with E-state index in [2.05, 4.69) is 18.7 Å². The molecule has 0 radical (unpaired) electrons. The van der Waals surface area contributed by atoms with E-state index in [4.69, 9.17) is 5.11 Å². The lowest BCUT2D eigenvalue weighted by Crippen LogP contribution is -2.34. The van der Waals surface area contributed by atoms with Crippen molar-refractivity contribution in [1.82, 2.24) is 4.90 Å². The van der Waals surface area contributed by atoms with Gasteiger partial charge in [0.15, 0.2) is 0 Å². The molecule has 19 heavy (non-hydrogen) atoms. The lowest BCUT2D eigenvalue weighted by molar-refractivity contribution is 0.226. The summed E-state index contributed by atoms with van der Waals surface area (Å²) in [5.74, 6) is 0.180. The van der Waals surface area contributed by atoms with E-state index < -0.39 is 9.84 Å². The fourth-order valence-corrected chi connectivity index (χ4v) is 2.35. The first kappa shape index (κ1) is 16.1. The summed E-state index contributed by atoms with van der Waals surface area (Å²) in [6.45, 7) is 5.42. The third-order valence-electron chi connectivity index (χ3n) is 3.07. The van der Waals surface area contributed by atoms with Crippen molar-refractivity contribution in [2.75, 3.05) is 18.6 Å². The van der Waals surface area contributed by atoms with Gasteiger partial charge >= 0.3 is 0 Å². The minimum Gasteiger partial charge on any atom is -0.392 e. The standard InChI is InChI=1S/C14H23NO3S/c1-12(2)15(8-9-19(3,17)18)10-13-4-6-14(11-16)7-5-13/h4-7,12,16H,8-11H2,1-3H3. The average Bonchev–Trinajstić information content (AvgIpc) is 2.33. The highest BCUT2D eigenvalue weighted by atomic mass is 32.2. The molecule has 0 aliphatic carbocycles. The number of nitrogens with zero attached hydrogens (tertiary/aromatic N) is 1. The highest BCUT2D eigenvalue weighted by Gasteiger charge is 2.13. The van der Waals surface area contributed by atoms with Crippen LogP contribution in [-0.2, 0) is 23.0 Å². The minimum atomic E-state index is -2.93. The molecule has 0 aliphatic rings. The van der Waals surface area contributed by atoms with Crippen molar-refractivity contribution in [1.29, 1.82) is 0 Å². The van der Waals surface area contributed by atoms with Gasteiger partial charge in [0.2, 0.25) is 0 Å². The Labute approximate surface area is 116 Å². The van der Waals surface area contributed by atoms with Crippen LogP contribution in [0.5, 0.6) is 0 Å². The quantitative estimate of drug-likeness (QED) is 0.823. The first-order chi connectivity index (χ1) is 8.81. The van der Waals surface area contributed by atoms with Gasteiger partial charge in [-0.2, -0.15) is 0 Å². The first-order valence-corrected chi connectivity index (χ1v) is 8.48. The van der Waals surface area contributed by atoms with Crippen LogP contribution in [0.3, 0.4) is 0 Å². The van der Waals surface area contributed by atoms with E-state index in [1.54, 1.807) is 0 Å². The summed E-state index contributed by atoms with van der Waals surface area (Å²) < 4.78 is 22.5. The van der Waals surface area contributed by atoms with Gasteiger partial charge in [-0.05, 0) is 25.0 Å². The van der Waals surface area contributed by atoms with Crippen LogP contribution in [0.2, 0.25) is 0 Å². The van der Waals surface area contributed by atoms with Gasteiger partial charge in [-0.1, -0.05) is 24.3 Å². The lowest BCUT2D eigenvalue weighted by Gasteiger charge is -2.26. The number of rotatable bonds is 7. The van der Waals surface area contributed by atoms with E-state index in [1.165, 1.54) is 6.26 Å². The molecule has 0 atom stereocenters. The number of hydrogen-bond donors (Lipinski definition) is 1. The maximum Gasteiger partial charge on any atom is 0.148 e. The van der Waals surface area contributed by atoms with Crippen LogP contribution in [0.15, 0.2) is 24.3 Å². The fraction of sp³-hybridized carbons (Fsp3) is 0.571. The summed E-state index contributed by atoms with van der Waals surface area (Å²) in [6.07, 6.45) is 1.27. The molecule has 0 saturated carbocycles. The summed E-state index contributed by atoms with van der Waals surface area (Å²) in [5.41, 5.74) is 2.01. The summed E-state index contributed by atoms with van der Waals surface area (Å²) in [4.78, 5) is 2.13. The van der Waals surface area contributed by atoms with Crippen LogP contribution in [0.4, 0.5) is 0 Å². The molecule has 1 rings (SSSR count). The summed E-state index contributed by atoms with van der Waals surface area (Å²) in [5, 5.41) is 9.00. The van der Waals surface area contributed by atoms with E-state index in [0.717, 1.165) is 17.7 Å². The molecule has 0 saturated heterocycles. The lowest BCUT2D eigenvalue weighted by atomic mass is 10.1. The third kappa shape index (κ3) is 6.18. The predicted molar refractivity (Wildman–Crippen MR) is 77.6 cm³/mol. The zero-order chi connectivity index (χ0) is 14.5. The van der Waals surface area contributed by atoms with Gasteiger partial charge in [-0.3, -0.25) is 4.90 Å². The number of sulfone groups is 1. The molecule has 1 N–H and O–H groups in total. The van der Waals surface area contributed by atoms with Crippen molar-refractivity contribution in [2.45, 2.75) is 33.0 Å². The Balaban J connectivity index is 2.67. The van der Waals surface area contributed by atoms with E-state index in [0.29, 0.717) is 12.6 Å². The molecule has 0 aromatic heterocycles. The molecule has 0 bridgehead atoms. The van der Waals surface area contributed by atoms with Gasteiger partial charge in [0.05, 0.1) is 12.4 Å². The number of aliphatic hydroxyl groups is 1. The normalized spacial score (nSPS) is 12.3. The Kier molecular flexibility index (Phi) is 5.97. The average molecular weight is 285 g/mol. The Bertz CT molecular complexity index is 480. The number of aliphatic hydroxyl groups excluding tert-OH is 1. The second-order valence-electron chi connectivity index (χ2n) is 5.17. The topological polar surface area (TPSA) is 57.6 Å². The van der Waals surface area contributed by atoms with Crippen molar-refractivity contribution < 1.29 is 13.5 Å². The third-order valence-corrected chi connectivity index (χ3v) is 3.99. The molecule has 0 unspecified atom stereocenters. The van der Waals surface area contributed by atoms with Crippen LogP contribution < -0.4 is 0 Å². The van der Waals surface area contributed by atoms with Gasteiger partial charge in [0.1, 0.15) is 9.84 Å². The molecule has 1 aromatic carbocycles. The van der Waals surface area contributed by atoms with Crippen LogP contribution in [0.1, 0.15) is 25.0 Å². The highest BCUT2D eigenvalue weighted by Crippen LogP contribution is 2.10. The van der Waals surface area contributed by atoms with Gasteiger partial charge in [-0.25, -0.2) is 8.42 Å². The Hall–Kier alpha value is -0.910. The smallest absolute Gasteiger partial charge is 0.148 e. The highest BCUT2D eigenvalue weighted by molar-refractivity contribution is 7.90. The van der Waals surface area contributed by atoms with Crippen LogP contribution in [0, 0.1) is 0 Å². The molecule has 1 aromatic rings. The summed E-state index contributed by atoms with van der Waals surface area (Å²) >= 11 is 0. The van der Waals surface area contributed by atoms with E-state index >= 15 is 0 Å². The van der Waals surface area contributed by atoms with Crippen molar-refractivity contribution >= 4 is 9.84 Å². The molecule has 0 amide bonds. The maximum absolute atomic E-state index is 11.2. The van der Waals surface area contributed by atoms with Crippen LogP contribution >= 0.6 is 0 Å². The van der Waals surface area contributed by atoms with Crippen molar-refractivity contribution in [3.05, 3.63) is 35.4 Å². The number of hydrogen-bond acceptors (Lipinski definition) is 4. The summed E-state index contributed by atoms with van der Waals surface area (Å²) in [7, 11) is -2.93. The largest absolute Gasteiger partial charge is 0.392 e. The van der Waals surface area contributed by atoms with Gasteiger partial charge in [0.25, 0.3) is 0 Å². The molecule has 5 heteroatoms. The first-order valence-electron chi connectivity index (χ1n) is 6.42. The second-order valence-corrected chi connectivity index (χ2v) is 7.43. The summed E-state index contributed by atoms with van der Waals surface area (Å²) in [6, 6.07) is 8.02. The molecular weight excluding hydrogens is 262 g/mol. The zero-order valence-electron chi connectivity index (χ0n) is 11.8.